The van der Waals surface area contributed by atoms with Crippen molar-refractivity contribution in [3.8, 4) is 0 Å². The highest BCUT2D eigenvalue weighted by Crippen LogP contribution is 2.22. The molecule has 1 fully saturated rings. The molecule has 1 aliphatic rings. The number of esters is 1. The van der Waals surface area contributed by atoms with Crippen LogP contribution in [-0.4, -0.2) is 42.7 Å². The van der Waals surface area contributed by atoms with Crippen LogP contribution in [0.3, 0.4) is 0 Å². The van der Waals surface area contributed by atoms with E-state index in [1.54, 1.807) is 11.3 Å². The lowest BCUT2D eigenvalue weighted by molar-refractivity contribution is -0.148. The van der Waals surface area contributed by atoms with Crippen LogP contribution in [0.25, 0.3) is 10.2 Å². The van der Waals surface area contributed by atoms with Crippen LogP contribution in [0.4, 0.5) is 0 Å². The summed E-state index contributed by atoms with van der Waals surface area (Å²) in [6.07, 6.45) is 3.77. The summed E-state index contributed by atoms with van der Waals surface area (Å²) in [5, 5.41) is 3.74. The van der Waals surface area contributed by atoms with E-state index in [1.807, 2.05) is 24.3 Å². The fraction of sp³-hybridized carbons (Fsp3) is 0.500. The van der Waals surface area contributed by atoms with Crippen molar-refractivity contribution >= 4 is 33.4 Å². The molecule has 1 atom stereocenters. The Labute approximate surface area is 150 Å². The number of fused-ring (bicyclic) bond motifs is 1. The Kier molecular flexibility index (Phi) is 6.36. The molecule has 1 aromatic carbocycles. The Morgan fingerprint density at radius 2 is 2.24 bits per heavy atom. The Balaban J connectivity index is 1.30. The first kappa shape index (κ1) is 17.8. The summed E-state index contributed by atoms with van der Waals surface area (Å²) in [5.74, 6) is -0.636. The standard InChI is InChI=1S/C18H22N2O4S/c21-16(19-11-13-5-4-10-23-13)12-24-18(22)9-3-8-17-20-14-6-1-2-7-15(14)25-17/h1-2,6-7,13H,3-5,8-12H2,(H,19,21)/t13-/m1/s1. The fourth-order valence-electron chi connectivity index (χ4n) is 2.71. The SMILES string of the molecule is O=C(COC(=O)CCCc1nc2ccccc2s1)NC[C@H]1CCCO1. The van der Waals surface area contributed by atoms with Crippen LogP contribution >= 0.6 is 11.3 Å². The maximum absolute atomic E-state index is 11.7. The summed E-state index contributed by atoms with van der Waals surface area (Å²) in [7, 11) is 0. The van der Waals surface area contributed by atoms with Crippen LogP contribution in [0.5, 0.6) is 0 Å². The number of carbonyl (C=O) groups is 2. The first-order valence-corrected chi connectivity index (χ1v) is 9.41. The van der Waals surface area contributed by atoms with Gasteiger partial charge < -0.3 is 14.8 Å². The van der Waals surface area contributed by atoms with Crippen molar-refractivity contribution in [2.24, 2.45) is 0 Å². The first-order chi connectivity index (χ1) is 12.2. The van der Waals surface area contributed by atoms with Crippen LogP contribution in [-0.2, 0) is 25.5 Å². The summed E-state index contributed by atoms with van der Waals surface area (Å²) in [6, 6.07) is 7.98. The minimum atomic E-state index is -0.353. The molecule has 0 unspecified atom stereocenters. The van der Waals surface area contributed by atoms with E-state index in [9.17, 15) is 9.59 Å². The number of hydrogen-bond donors (Lipinski definition) is 1. The van der Waals surface area contributed by atoms with Gasteiger partial charge in [-0.1, -0.05) is 12.1 Å². The third kappa shape index (κ3) is 5.51. The molecule has 134 valence electrons. The van der Waals surface area contributed by atoms with E-state index in [1.165, 1.54) is 0 Å². The number of hydrogen-bond acceptors (Lipinski definition) is 6. The quantitative estimate of drug-likeness (QED) is 0.730. The van der Waals surface area contributed by atoms with E-state index < -0.39 is 0 Å². The van der Waals surface area contributed by atoms with Gasteiger partial charge in [-0.2, -0.15) is 0 Å². The second-order valence-electron chi connectivity index (χ2n) is 6.03. The molecule has 1 aliphatic heterocycles. The molecule has 1 N–H and O–H groups in total. The van der Waals surface area contributed by atoms with Gasteiger partial charge in [0.15, 0.2) is 6.61 Å². The van der Waals surface area contributed by atoms with Gasteiger partial charge in [0.25, 0.3) is 5.91 Å². The minimum Gasteiger partial charge on any atom is -0.456 e. The van der Waals surface area contributed by atoms with Crippen molar-refractivity contribution in [3.63, 3.8) is 0 Å². The molecule has 0 bridgehead atoms. The van der Waals surface area contributed by atoms with Gasteiger partial charge in [-0.05, 0) is 37.8 Å². The van der Waals surface area contributed by atoms with E-state index in [0.29, 0.717) is 13.0 Å². The van der Waals surface area contributed by atoms with Crippen molar-refractivity contribution in [1.29, 1.82) is 0 Å². The average Bonchev–Trinajstić information content (AvgIpc) is 3.27. The number of amides is 1. The monoisotopic (exact) mass is 362 g/mol. The highest BCUT2D eigenvalue weighted by Gasteiger charge is 2.16. The molecule has 0 radical (unpaired) electrons. The zero-order valence-corrected chi connectivity index (χ0v) is 14.8. The van der Waals surface area contributed by atoms with Crippen molar-refractivity contribution in [2.75, 3.05) is 19.8 Å². The number of aromatic nitrogens is 1. The molecule has 1 aromatic heterocycles. The molecule has 1 amide bonds. The molecule has 2 heterocycles. The van der Waals surface area contributed by atoms with Gasteiger partial charge in [0.05, 0.1) is 21.3 Å². The molecule has 0 spiro atoms. The number of carbonyl (C=O) groups excluding carboxylic acids is 2. The van der Waals surface area contributed by atoms with E-state index in [-0.39, 0.29) is 31.0 Å². The topological polar surface area (TPSA) is 77.5 Å². The third-order valence-electron chi connectivity index (χ3n) is 4.02. The highest BCUT2D eigenvalue weighted by molar-refractivity contribution is 7.18. The van der Waals surface area contributed by atoms with Gasteiger partial charge in [0, 0.05) is 19.6 Å². The molecule has 0 aliphatic carbocycles. The van der Waals surface area contributed by atoms with Gasteiger partial charge >= 0.3 is 5.97 Å². The largest absolute Gasteiger partial charge is 0.456 e. The number of para-hydroxylation sites is 1. The lowest BCUT2D eigenvalue weighted by atomic mass is 10.2. The Bertz CT molecular complexity index is 692. The summed E-state index contributed by atoms with van der Waals surface area (Å²) >= 11 is 1.65. The maximum atomic E-state index is 11.7. The Morgan fingerprint density at radius 1 is 1.36 bits per heavy atom. The molecule has 6 nitrogen and oxygen atoms in total. The summed E-state index contributed by atoms with van der Waals surface area (Å²) in [5.41, 5.74) is 0.994. The van der Waals surface area contributed by atoms with Crippen LogP contribution in [0.2, 0.25) is 0 Å². The van der Waals surface area contributed by atoms with Crippen molar-refractivity contribution in [2.45, 2.75) is 38.2 Å². The second kappa shape index (κ2) is 8.92. The number of benzene rings is 1. The zero-order valence-electron chi connectivity index (χ0n) is 14.0. The minimum absolute atomic E-state index is 0.0912. The molecule has 25 heavy (non-hydrogen) atoms. The predicted molar refractivity (Wildman–Crippen MR) is 95.5 cm³/mol. The molecule has 7 heteroatoms. The number of ether oxygens (including phenoxy) is 2. The summed E-state index contributed by atoms with van der Waals surface area (Å²) in [6.45, 7) is 1.00. The van der Waals surface area contributed by atoms with Gasteiger partial charge in [0.1, 0.15) is 0 Å². The van der Waals surface area contributed by atoms with Crippen LogP contribution < -0.4 is 5.32 Å². The number of rotatable bonds is 8. The number of thiazole rings is 1. The van der Waals surface area contributed by atoms with Crippen molar-refractivity contribution in [3.05, 3.63) is 29.3 Å². The lowest BCUT2D eigenvalue weighted by Crippen LogP contribution is -2.34. The average molecular weight is 362 g/mol. The molecule has 1 saturated heterocycles. The molecule has 2 aromatic rings. The number of nitrogens with one attached hydrogen (secondary N) is 1. The Hall–Kier alpha value is -1.99. The van der Waals surface area contributed by atoms with Crippen LogP contribution in [0.15, 0.2) is 24.3 Å². The van der Waals surface area contributed by atoms with Gasteiger partial charge in [-0.15, -0.1) is 11.3 Å². The van der Waals surface area contributed by atoms with E-state index in [4.69, 9.17) is 9.47 Å². The van der Waals surface area contributed by atoms with E-state index >= 15 is 0 Å². The highest BCUT2D eigenvalue weighted by atomic mass is 32.1. The normalized spacial score (nSPS) is 16.9. The maximum Gasteiger partial charge on any atom is 0.306 e. The van der Waals surface area contributed by atoms with Gasteiger partial charge in [-0.25, -0.2) is 4.98 Å². The summed E-state index contributed by atoms with van der Waals surface area (Å²) < 4.78 is 11.6. The van der Waals surface area contributed by atoms with Crippen molar-refractivity contribution in [1.82, 2.24) is 10.3 Å². The molecular weight excluding hydrogens is 340 g/mol. The number of aryl methyl sites for hydroxylation is 1. The van der Waals surface area contributed by atoms with E-state index in [2.05, 4.69) is 10.3 Å². The molecule has 3 rings (SSSR count). The van der Waals surface area contributed by atoms with Crippen molar-refractivity contribution < 1.29 is 19.1 Å². The van der Waals surface area contributed by atoms with E-state index in [0.717, 1.165) is 41.1 Å². The zero-order chi connectivity index (χ0) is 17.5. The molecule has 0 saturated carbocycles. The Morgan fingerprint density at radius 3 is 3.04 bits per heavy atom. The predicted octanol–water partition coefficient (Wildman–Crippen LogP) is 2.46. The molecular formula is C18H22N2O4S. The summed E-state index contributed by atoms with van der Waals surface area (Å²) in [4.78, 5) is 27.9. The first-order valence-electron chi connectivity index (χ1n) is 8.59. The number of nitrogens with zero attached hydrogens (tertiary/aromatic N) is 1. The van der Waals surface area contributed by atoms with Crippen LogP contribution in [0, 0.1) is 0 Å². The van der Waals surface area contributed by atoms with Gasteiger partial charge in [-0.3, -0.25) is 9.59 Å². The van der Waals surface area contributed by atoms with Crippen LogP contribution in [0.1, 0.15) is 30.7 Å². The fourth-order valence-corrected chi connectivity index (χ4v) is 3.72. The lowest BCUT2D eigenvalue weighted by Gasteiger charge is -2.10. The van der Waals surface area contributed by atoms with Gasteiger partial charge in [0.2, 0.25) is 0 Å². The second-order valence-corrected chi connectivity index (χ2v) is 7.14. The third-order valence-corrected chi connectivity index (χ3v) is 5.12. The smallest absolute Gasteiger partial charge is 0.306 e.